The van der Waals surface area contributed by atoms with E-state index in [1.165, 1.54) is 4.90 Å². The number of hydrogen-bond donors (Lipinski definition) is 3. The first kappa shape index (κ1) is 19.6. The highest BCUT2D eigenvalue weighted by Crippen LogP contribution is 2.37. The summed E-state index contributed by atoms with van der Waals surface area (Å²) in [6.07, 6.45) is 3.58. The van der Waals surface area contributed by atoms with E-state index in [4.69, 9.17) is 17.0 Å². The maximum Gasteiger partial charge on any atom is 0.240 e. The van der Waals surface area contributed by atoms with Crippen LogP contribution in [0, 0.1) is 11.8 Å². The highest BCUT2D eigenvalue weighted by Gasteiger charge is 2.47. The molecule has 25 heavy (non-hydrogen) atoms. The van der Waals surface area contributed by atoms with Gasteiger partial charge in [0.25, 0.3) is 0 Å². The van der Waals surface area contributed by atoms with Crippen molar-refractivity contribution in [1.82, 2.24) is 21.1 Å². The van der Waals surface area contributed by atoms with Crippen molar-refractivity contribution >= 4 is 35.1 Å². The Labute approximate surface area is 153 Å². The lowest BCUT2D eigenvalue weighted by Gasteiger charge is -2.19. The van der Waals surface area contributed by atoms with Gasteiger partial charge in [0, 0.05) is 26.1 Å². The fourth-order valence-corrected chi connectivity index (χ4v) is 3.66. The van der Waals surface area contributed by atoms with Crippen LogP contribution < -0.4 is 16.2 Å². The second-order valence-corrected chi connectivity index (χ2v) is 6.99. The molecule has 1 aliphatic heterocycles. The third-order valence-electron chi connectivity index (χ3n) is 4.60. The predicted octanol–water partition coefficient (Wildman–Crippen LogP) is 0.0819. The summed E-state index contributed by atoms with van der Waals surface area (Å²) in [5.74, 6) is -0.941. The standard InChI is InChI=1S/C16H26N4O4S/c1-10(9-24-2)17-16(25)19-18-13(21)7-8-20-14(22)11-5-3-4-6-12(11)15(20)23/h10-12H,3-9H2,1-2H3,(H,18,21)(H2,17,19,25)/t10-,11+,12+/m1/s1. The van der Waals surface area contributed by atoms with Crippen LogP contribution in [0.25, 0.3) is 0 Å². The van der Waals surface area contributed by atoms with Gasteiger partial charge in [0.15, 0.2) is 5.11 Å². The molecule has 0 radical (unpaired) electrons. The Bertz CT molecular complexity index is 518. The molecule has 0 spiro atoms. The summed E-state index contributed by atoms with van der Waals surface area (Å²) in [6, 6.07) is 0.00471. The maximum atomic E-state index is 12.3. The van der Waals surface area contributed by atoms with E-state index in [9.17, 15) is 14.4 Å². The Morgan fingerprint density at radius 2 is 1.84 bits per heavy atom. The molecule has 3 atom stereocenters. The van der Waals surface area contributed by atoms with Gasteiger partial charge in [0.05, 0.1) is 18.4 Å². The highest BCUT2D eigenvalue weighted by molar-refractivity contribution is 7.80. The number of rotatable bonds is 6. The topological polar surface area (TPSA) is 99.8 Å². The molecule has 9 heteroatoms. The summed E-state index contributed by atoms with van der Waals surface area (Å²) in [7, 11) is 1.59. The molecule has 3 N–H and O–H groups in total. The van der Waals surface area contributed by atoms with Crippen LogP contribution in [0.2, 0.25) is 0 Å². The first-order valence-corrected chi connectivity index (χ1v) is 9.04. The first-order chi connectivity index (χ1) is 11.9. The van der Waals surface area contributed by atoms with Crippen LogP contribution in [0.15, 0.2) is 0 Å². The smallest absolute Gasteiger partial charge is 0.240 e. The van der Waals surface area contributed by atoms with Crippen LogP contribution in [-0.2, 0) is 19.1 Å². The third-order valence-corrected chi connectivity index (χ3v) is 4.82. The minimum atomic E-state index is -0.334. The van der Waals surface area contributed by atoms with Crippen molar-refractivity contribution in [3.05, 3.63) is 0 Å². The molecule has 1 saturated heterocycles. The number of fused-ring (bicyclic) bond motifs is 1. The predicted molar refractivity (Wildman–Crippen MR) is 95.1 cm³/mol. The SMILES string of the molecule is COC[C@@H](C)NC(=S)NNC(=O)CCN1C(=O)[C@H]2CCCC[C@@H]2C1=O. The number of carbonyl (C=O) groups excluding carboxylic acids is 3. The lowest BCUT2D eigenvalue weighted by molar-refractivity contribution is -0.140. The van der Waals surface area contributed by atoms with E-state index in [1.54, 1.807) is 7.11 Å². The second-order valence-electron chi connectivity index (χ2n) is 6.58. The van der Waals surface area contributed by atoms with Crippen molar-refractivity contribution in [2.45, 2.75) is 45.1 Å². The van der Waals surface area contributed by atoms with Crippen LogP contribution in [0.4, 0.5) is 0 Å². The van der Waals surface area contributed by atoms with Gasteiger partial charge in [-0.2, -0.15) is 0 Å². The van der Waals surface area contributed by atoms with E-state index < -0.39 is 0 Å². The van der Waals surface area contributed by atoms with Crippen LogP contribution in [0.1, 0.15) is 39.0 Å². The van der Waals surface area contributed by atoms with Crippen molar-refractivity contribution in [2.24, 2.45) is 11.8 Å². The van der Waals surface area contributed by atoms with Gasteiger partial charge in [0.2, 0.25) is 17.7 Å². The van der Waals surface area contributed by atoms with E-state index in [1.807, 2.05) is 6.92 Å². The Morgan fingerprint density at radius 1 is 1.24 bits per heavy atom. The summed E-state index contributed by atoms with van der Waals surface area (Å²) in [5.41, 5.74) is 5.06. The first-order valence-electron chi connectivity index (χ1n) is 8.63. The fraction of sp³-hybridized carbons (Fsp3) is 0.750. The Kier molecular flexibility index (Phi) is 7.12. The summed E-state index contributed by atoms with van der Waals surface area (Å²) < 4.78 is 4.98. The molecule has 1 heterocycles. The number of thiocarbonyl (C=S) groups is 1. The van der Waals surface area contributed by atoms with Gasteiger partial charge in [-0.1, -0.05) is 12.8 Å². The Hall–Kier alpha value is -1.74. The summed E-state index contributed by atoms with van der Waals surface area (Å²) in [4.78, 5) is 37.8. The molecule has 3 amide bonds. The molecule has 1 saturated carbocycles. The summed E-state index contributed by atoms with van der Waals surface area (Å²) in [6.45, 7) is 2.49. The van der Waals surface area contributed by atoms with Gasteiger partial charge < -0.3 is 10.1 Å². The van der Waals surface area contributed by atoms with Gasteiger partial charge in [-0.25, -0.2) is 0 Å². The van der Waals surface area contributed by atoms with Crippen molar-refractivity contribution in [3.8, 4) is 0 Å². The number of ether oxygens (including phenoxy) is 1. The molecular weight excluding hydrogens is 344 g/mol. The Balaban J connectivity index is 1.72. The monoisotopic (exact) mass is 370 g/mol. The van der Waals surface area contributed by atoms with E-state index in [0.29, 0.717) is 6.61 Å². The van der Waals surface area contributed by atoms with Crippen LogP contribution >= 0.6 is 12.2 Å². The molecule has 0 aromatic heterocycles. The molecule has 0 aromatic rings. The van der Waals surface area contributed by atoms with Crippen LogP contribution in [-0.4, -0.2) is 54.0 Å². The molecule has 2 aliphatic rings. The number of nitrogens with one attached hydrogen (secondary N) is 3. The van der Waals surface area contributed by atoms with Crippen LogP contribution in [0.5, 0.6) is 0 Å². The number of nitrogens with zero attached hydrogens (tertiary/aromatic N) is 1. The lowest BCUT2D eigenvalue weighted by atomic mass is 9.81. The average Bonchev–Trinajstić information content (AvgIpc) is 2.83. The number of hydrogen-bond acceptors (Lipinski definition) is 5. The van der Waals surface area contributed by atoms with Gasteiger partial charge in [-0.3, -0.25) is 30.1 Å². The number of methoxy groups -OCH3 is 1. The highest BCUT2D eigenvalue weighted by atomic mass is 32.1. The zero-order valence-electron chi connectivity index (χ0n) is 14.7. The van der Waals surface area contributed by atoms with E-state index in [0.717, 1.165) is 25.7 Å². The fourth-order valence-electron chi connectivity index (χ4n) is 3.41. The van der Waals surface area contributed by atoms with Crippen molar-refractivity contribution in [3.63, 3.8) is 0 Å². The van der Waals surface area contributed by atoms with E-state index in [-0.39, 0.29) is 53.7 Å². The van der Waals surface area contributed by atoms with Gasteiger partial charge in [-0.05, 0) is 32.0 Å². The number of likely N-dealkylation sites (tertiary alicyclic amines) is 1. The summed E-state index contributed by atoms with van der Waals surface area (Å²) in [5, 5.41) is 3.22. The zero-order valence-corrected chi connectivity index (χ0v) is 15.5. The molecule has 0 aromatic carbocycles. The Morgan fingerprint density at radius 3 is 2.40 bits per heavy atom. The number of amides is 3. The number of imide groups is 1. The van der Waals surface area contributed by atoms with Gasteiger partial charge in [-0.15, -0.1) is 0 Å². The molecule has 1 aliphatic carbocycles. The molecule has 8 nitrogen and oxygen atoms in total. The molecule has 0 unspecified atom stereocenters. The number of carbonyl (C=O) groups is 3. The molecule has 2 rings (SSSR count). The molecular formula is C16H26N4O4S. The van der Waals surface area contributed by atoms with Gasteiger partial charge in [0.1, 0.15) is 0 Å². The largest absolute Gasteiger partial charge is 0.383 e. The number of hydrazine groups is 1. The van der Waals surface area contributed by atoms with Crippen molar-refractivity contribution in [2.75, 3.05) is 20.3 Å². The van der Waals surface area contributed by atoms with E-state index in [2.05, 4.69) is 16.2 Å². The second kappa shape index (κ2) is 9.10. The quantitative estimate of drug-likeness (QED) is 0.346. The summed E-state index contributed by atoms with van der Waals surface area (Å²) >= 11 is 5.05. The van der Waals surface area contributed by atoms with E-state index >= 15 is 0 Å². The van der Waals surface area contributed by atoms with Gasteiger partial charge >= 0.3 is 0 Å². The maximum absolute atomic E-state index is 12.3. The third kappa shape index (κ3) is 5.12. The lowest BCUT2D eigenvalue weighted by Crippen LogP contribution is -2.50. The van der Waals surface area contributed by atoms with Crippen LogP contribution in [0.3, 0.4) is 0 Å². The molecule has 0 bridgehead atoms. The minimum absolute atomic E-state index is 0.00471. The van der Waals surface area contributed by atoms with Crippen molar-refractivity contribution in [1.29, 1.82) is 0 Å². The average molecular weight is 370 g/mol. The minimum Gasteiger partial charge on any atom is -0.383 e. The molecule has 140 valence electrons. The van der Waals surface area contributed by atoms with Crippen molar-refractivity contribution < 1.29 is 19.1 Å². The molecule has 2 fully saturated rings. The normalized spacial score (nSPS) is 23.8. The zero-order chi connectivity index (χ0) is 18.4.